The van der Waals surface area contributed by atoms with Crippen LogP contribution in [0.4, 0.5) is 0 Å². The van der Waals surface area contributed by atoms with E-state index in [1.54, 1.807) is 14.2 Å². The van der Waals surface area contributed by atoms with E-state index >= 15 is 0 Å². The molecule has 1 aliphatic rings. The summed E-state index contributed by atoms with van der Waals surface area (Å²) in [6.45, 7) is 4.02. The fraction of sp³-hybridized carbons (Fsp3) is 0.385. The van der Waals surface area contributed by atoms with Crippen molar-refractivity contribution in [1.29, 1.82) is 0 Å². The van der Waals surface area contributed by atoms with Crippen molar-refractivity contribution in [3.8, 4) is 17.2 Å². The van der Waals surface area contributed by atoms with Gasteiger partial charge in [0.05, 0.1) is 18.7 Å². The molecule has 2 rings (SSSR count). The molecule has 0 atom stereocenters. The summed E-state index contributed by atoms with van der Waals surface area (Å²) in [7, 11) is 3.23. The van der Waals surface area contributed by atoms with Gasteiger partial charge in [-0.15, -0.1) is 0 Å². The lowest BCUT2D eigenvalue weighted by Gasteiger charge is -2.29. The Balaban J connectivity index is 2.61. The lowest BCUT2D eigenvalue weighted by molar-refractivity contribution is 0.158. The lowest BCUT2D eigenvalue weighted by Crippen LogP contribution is -2.27. The molecule has 0 amide bonds. The van der Waals surface area contributed by atoms with Crippen LogP contribution in [0.1, 0.15) is 19.4 Å². The van der Waals surface area contributed by atoms with Crippen molar-refractivity contribution in [2.24, 2.45) is 0 Å². The van der Waals surface area contributed by atoms with Crippen LogP contribution in [0.3, 0.4) is 0 Å². The number of benzene rings is 1. The number of fused-ring (bicyclic) bond motifs is 1. The van der Waals surface area contributed by atoms with Crippen molar-refractivity contribution in [1.82, 2.24) is 0 Å². The second-order valence-corrected chi connectivity index (χ2v) is 5.17. The van der Waals surface area contributed by atoms with Gasteiger partial charge in [0.2, 0.25) is 0 Å². The summed E-state index contributed by atoms with van der Waals surface area (Å²) in [6, 6.07) is 1.85. The first-order valence-electron chi connectivity index (χ1n) is 5.31. The van der Waals surface area contributed by atoms with Crippen molar-refractivity contribution < 1.29 is 14.2 Å². The number of methoxy groups -OCH3 is 2. The monoisotopic (exact) mass is 298 g/mol. The van der Waals surface area contributed by atoms with Crippen LogP contribution in [0.15, 0.2) is 16.6 Å². The maximum Gasteiger partial charge on any atom is 0.175 e. The number of rotatable bonds is 2. The zero-order chi connectivity index (χ0) is 12.6. The molecule has 0 saturated carbocycles. The van der Waals surface area contributed by atoms with Crippen LogP contribution in [-0.4, -0.2) is 19.8 Å². The van der Waals surface area contributed by atoms with Gasteiger partial charge in [-0.3, -0.25) is 0 Å². The Hall–Kier alpha value is -1.16. The Morgan fingerprint density at radius 2 is 1.94 bits per heavy atom. The summed E-state index contributed by atoms with van der Waals surface area (Å²) in [6.07, 6.45) is 4.05. The van der Waals surface area contributed by atoms with E-state index in [0.717, 1.165) is 15.8 Å². The van der Waals surface area contributed by atoms with Gasteiger partial charge in [0, 0.05) is 11.6 Å². The normalized spacial score (nSPS) is 16.1. The second-order valence-electron chi connectivity index (χ2n) is 4.38. The Labute approximate surface area is 109 Å². The highest BCUT2D eigenvalue weighted by atomic mass is 79.9. The molecule has 17 heavy (non-hydrogen) atoms. The van der Waals surface area contributed by atoms with Crippen LogP contribution in [0.5, 0.6) is 17.2 Å². The van der Waals surface area contributed by atoms with Gasteiger partial charge in [-0.2, -0.15) is 0 Å². The molecular weight excluding hydrogens is 284 g/mol. The molecule has 0 radical (unpaired) electrons. The number of halogens is 1. The third-order valence-corrected chi connectivity index (χ3v) is 3.42. The molecule has 1 aromatic rings. The zero-order valence-corrected chi connectivity index (χ0v) is 11.9. The van der Waals surface area contributed by atoms with Crippen LogP contribution in [0, 0.1) is 0 Å². The van der Waals surface area contributed by atoms with Crippen molar-refractivity contribution in [3.63, 3.8) is 0 Å². The van der Waals surface area contributed by atoms with Gasteiger partial charge in [-0.25, -0.2) is 0 Å². The van der Waals surface area contributed by atoms with Crippen LogP contribution in [0.2, 0.25) is 0 Å². The molecule has 1 heterocycles. The van der Waals surface area contributed by atoms with E-state index in [4.69, 9.17) is 14.2 Å². The molecule has 0 aromatic heterocycles. The van der Waals surface area contributed by atoms with Crippen molar-refractivity contribution in [2.75, 3.05) is 14.2 Å². The minimum absolute atomic E-state index is 0.300. The maximum atomic E-state index is 5.89. The van der Waals surface area contributed by atoms with Crippen LogP contribution >= 0.6 is 15.9 Å². The van der Waals surface area contributed by atoms with Gasteiger partial charge in [-0.1, -0.05) is 6.08 Å². The predicted molar refractivity (Wildman–Crippen MR) is 71.0 cm³/mol. The smallest absolute Gasteiger partial charge is 0.175 e. The van der Waals surface area contributed by atoms with Crippen molar-refractivity contribution in [3.05, 3.63) is 22.2 Å². The summed E-state index contributed by atoms with van der Waals surface area (Å²) in [5.74, 6) is 2.13. The first kappa shape index (κ1) is 12.3. The van der Waals surface area contributed by atoms with Crippen LogP contribution in [0.25, 0.3) is 6.08 Å². The van der Waals surface area contributed by atoms with Crippen molar-refractivity contribution in [2.45, 2.75) is 19.4 Å². The van der Waals surface area contributed by atoms with Crippen LogP contribution < -0.4 is 14.2 Å². The SMILES string of the molecule is COc1cc2c(c(Br)c1OC)C=CC(C)(C)O2. The Kier molecular flexibility index (Phi) is 3.08. The van der Waals surface area contributed by atoms with Gasteiger partial charge in [0.1, 0.15) is 11.4 Å². The number of hydrogen-bond donors (Lipinski definition) is 0. The second kappa shape index (κ2) is 4.26. The molecule has 92 valence electrons. The van der Waals surface area contributed by atoms with E-state index in [-0.39, 0.29) is 5.60 Å². The van der Waals surface area contributed by atoms with Gasteiger partial charge >= 0.3 is 0 Å². The molecule has 0 fully saturated rings. The molecule has 1 aromatic carbocycles. The van der Waals surface area contributed by atoms with E-state index in [2.05, 4.69) is 15.9 Å². The fourth-order valence-corrected chi connectivity index (χ4v) is 2.47. The standard InChI is InChI=1S/C13H15BrO3/c1-13(2)6-5-8-9(17-13)7-10(15-3)12(16-4)11(8)14/h5-7H,1-4H3. The molecule has 0 N–H and O–H groups in total. The van der Waals surface area contributed by atoms with E-state index in [1.165, 1.54) is 0 Å². The Morgan fingerprint density at radius 3 is 2.53 bits per heavy atom. The summed E-state index contributed by atoms with van der Waals surface area (Å²) in [5.41, 5.74) is 0.674. The highest BCUT2D eigenvalue weighted by Crippen LogP contribution is 2.46. The molecule has 0 spiro atoms. The predicted octanol–water partition coefficient (Wildman–Crippen LogP) is 3.65. The average molecular weight is 299 g/mol. The highest BCUT2D eigenvalue weighted by Gasteiger charge is 2.26. The summed E-state index contributed by atoms with van der Waals surface area (Å²) < 4.78 is 17.4. The highest BCUT2D eigenvalue weighted by molar-refractivity contribution is 9.10. The molecule has 0 saturated heterocycles. The topological polar surface area (TPSA) is 27.7 Å². The van der Waals surface area contributed by atoms with E-state index in [9.17, 15) is 0 Å². The fourth-order valence-electron chi connectivity index (χ4n) is 1.78. The number of hydrogen-bond acceptors (Lipinski definition) is 3. The molecular formula is C13H15BrO3. The third kappa shape index (κ3) is 2.14. The first-order chi connectivity index (χ1) is 7.98. The molecule has 0 aliphatic carbocycles. The minimum Gasteiger partial charge on any atom is -0.493 e. The van der Waals surface area contributed by atoms with E-state index in [1.807, 2.05) is 32.1 Å². The largest absolute Gasteiger partial charge is 0.493 e. The number of ether oxygens (including phenoxy) is 3. The Morgan fingerprint density at radius 1 is 1.24 bits per heavy atom. The Bertz CT molecular complexity index is 478. The van der Waals surface area contributed by atoms with Gasteiger partial charge < -0.3 is 14.2 Å². The quantitative estimate of drug-likeness (QED) is 0.834. The first-order valence-corrected chi connectivity index (χ1v) is 6.10. The van der Waals surface area contributed by atoms with Gasteiger partial charge in [-0.05, 0) is 35.9 Å². The van der Waals surface area contributed by atoms with Gasteiger partial charge in [0.15, 0.2) is 11.5 Å². The zero-order valence-electron chi connectivity index (χ0n) is 10.3. The molecule has 4 heteroatoms. The summed E-state index contributed by atoms with van der Waals surface area (Å²) in [4.78, 5) is 0. The average Bonchev–Trinajstić information content (AvgIpc) is 2.27. The molecule has 1 aliphatic heterocycles. The summed E-state index contributed by atoms with van der Waals surface area (Å²) >= 11 is 3.52. The van der Waals surface area contributed by atoms with Crippen LogP contribution in [-0.2, 0) is 0 Å². The van der Waals surface area contributed by atoms with E-state index < -0.39 is 0 Å². The summed E-state index contributed by atoms with van der Waals surface area (Å²) in [5, 5.41) is 0. The maximum absolute atomic E-state index is 5.89. The molecule has 3 nitrogen and oxygen atoms in total. The van der Waals surface area contributed by atoms with E-state index in [0.29, 0.717) is 11.5 Å². The minimum atomic E-state index is -0.300. The molecule has 0 bridgehead atoms. The third-order valence-electron chi connectivity index (χ3n) is 2.64. The van der Waals surface area contributed by atoms with Crippen molar-refractivity contribution >= 4 is 22.0 Å². The van der Waals surface area contributed by atoms with Gasteiger partial charge in [0.25, 0.3) is 0 Å². The lowest BCUT2D eigenvalue weighted by atomic mass is 10.0. The molecule has 0 unspecified atom stereocenters.